The first-order chi connectivity index (χ1) is 19.8. The fraction of sp³-hybridized carbons (Fsp3) is 0.308. The van der Waals surface area contributed by atoms with Crippen LogP contribution in [-0.4, -0.2) is 82.3 Å². The maximum absolute atomic E-state index is 13.1. The number of amides is 1. The van der Waals surface area contributed by atoms with E-state index in [9.17, 15) is 13.2 Å². The van der Waals surface area contributed by atoms with Crippen LogP contribution >= 0.6 is 0 Å². The van der Waals surface area contributed by atoms with Crippen molar-refractivity contribution < 1.29 is 13.2 Å². The molecule has 7 heterocycles. The lowest BCUT2D eigenvalue weighted by molar-refractivity contribution is 0.0556. The zero-order valence-corrected chi connectivity index (χ0v) is 22.7. The fourth-order valence-corrected chi connectivity index (χ4v) is 7.22. The Morgan fingerprint density at radius 1 is 1.05 bits per heavy atom. The maximum Gasteiger partial charge on any atom is 0.291 e. The molecule has 1 amide bonds. The van der Waals surface area contributed by atoms with Gasteiger partial charge in [0.25, 0.3) is 5.91 Å². The summed E-state index contributed by atoms with van der Waals surface area (Å²) in [6, 6.07) is 5.25. The summed E-state index contributed by atoms with van der Waals surface area (Å²) in [4.78, 5) is 36.9. The number of nitrogen functional groups attached to an aromatic ring is 1. The fourth-order valence-electron chi connectivity index (χ4n) is 6.16. The molecule has 15 heteroatoms. The minimum atomic E-state index is -3.75. The topological polar surface area (TPSA) is 191 Å². The number of H-pyrrole nitrogens is 1. The van der Waals surface area contributed by atoms with Gasteiger partial charge in [0.05, 0.1) is 11.9 Å². The van der Waals surface area contributed by atoms with Crippen LogP contribution in [0, 0.1) is 0 Å². The van der Waals surface area contributed by atoms with Crippen LogP contribution in [0.15, 0.2) is 54.2 Å². The summed E-state index contributed by atoms with van der Waals surface area (Å²) in [5.74, 6) is 0.289. The van der Waals surface area contributed by atoms with Gasteiger partial charge in [0, 0.05) is 54.0 Å². The Labute approximate surface area is 234 Å². The number of aromatic amines is 1. The molecule has 41 heavy (non-hydrogen) atoms. The summed E-state index contributed by atoms with van der Waals surface area (Å²) < 4.78 is 27.5. The number of carbonyl (C=O) groups excluding carboxylic acids is 1. The van der Waals surface area contributed by atoms with Gasteiger partial charge < -0.3 is 10.6 Å². The lowest BCUT2D eigenvalue weighted by Gasteiger charge is -2.38. The zero-order chi connectivity index (χ0) is 28.3. The molecule has 2 fully saturated rings. The van der Waals surface area contributed by atoms with Gasteiger partial charge in [0.1, 0.15) is 22.7 Å². The molecular formula is C26H25N11O3S. The second-order valence-corrected chi connectivity index (χ2v) is 12.3. The molecular weight excluding hydrogens is 546 g/mol. The van der Waals surface area contributed by atoms with Crippen molar-refractivity contribution in [3.63, 3.8) is 0 Å². The lowest BCUT2D eigenvalue weighted by Crippen LogP contribution is -2.46. The standard InChI is InChI=1S/C26H25N11O3S/c1-41(39,40)21-20(15-9-16-4-5-17(10-15)36(16)26(38)24-31-13-32-35-24)34-25-18(12-33-37(25)22(21)27)14-3-6-19(30-11-14)23-28-7-2-8-29-23/h2-3,6-8,11-13,15-17H,4-5,9-10,27H2,1H3,(H,31,32,35). The number of carbonyl (C=O) groups is 1. The number of fused-ring (bicyclic) bond motifs is 3. The molecule has 0 spiro atoms. The van der Waals surface area contributed by atoms with Crippen molar-refractivity contribution in [2.45, 2.75) is 48.6 Å². The zero-order valence-electron chi connectivity index (χ0n) is 21.9. The number of hydrogen-bond acceptors (Lipinski definition) is 11. The molecule has 208 valence electrons. The van der Waals surface area contributed by atoms with Gasteiger partial charge in [-0.1, -0.05) is 6.07 Å². The highest BCUT2D eigenvalue weighted by Crippen LogP contribution is 2.45. The Kier molecular flexibility index (Phi) is 5.78. The van der Waals surface area contributed by atoms with E-state index >= 15 is 0 Å². The van der Waals surface area contributed by atoms with Gasteiger partial charge in [-0.15, -0.1) is 0 Å². The van der Waals surface area contributed by atoms with Crippen LogP contribution in [0.4, 0.5) is 5.82 Å². The number of anilines is 1. The Hall–Kier alpha value is -4.79. The average molecular weight is 572 g/mol. The molecule has 0 aliphatic carbocycles. The predicted molar refractivity (Wildman–Crippen MR) is 146 cm³/mol. The van der Waals surface area contributed by atoms with E-state index < -0.39 is 9.84 Å². The van der Waals surface area contributed by atoms with Crippen LogP contribution in [0.5, 0.6) is 0 Å². The van der Waals surface area contributed by atoms with E-state index in [0.29, 0.717) is 41.3 Å². The summed E-state index contributed by atoms with van der Waals surface area (Å²) in [6.07, 6.45) is 11.8. The number of piperidine rings is 1. The quantitative estimate of drug-likeness (QED) is 0.313. The van der Waals surface area contributed by atoms with Crippen molar-refractivity contribution in [2.24, 2.45) is 0 Å². The maximum atomic E-state index is 13.1. The summed E-state index contributed by atoms with van der Waals surface area (Å²) >= 11 is 0. The van der Waals surface area contributed by atoms with E-state index in [-0.39, 0.29) is 40.4 Å². The van der Waals surface area contributed by atoms with Gasteiger partial charge in [0.2, 0.25) is 5.82 Å². The molecule has 2 aliphatic rings. The molecule has 0 saturated carbocycles. The van der Waals surface area contributed by atoms with Crippen molar-refractivity contribution in [2.75, 3.05) is 12.0 Å². The van der Waals surface area contributed by atoms with Gasteiger partial charge in [-0.05, 0) is 37.8 Å². The van der Waals surface area contributed by atoms with Crippen molar-refractivity contribution in [3.05, 3.63) is 60.8 Å². The van der Waals surface area contributed by atoms with Crippen molar-refractivity contribution in [1.82, 2.24) is 49.6 Å². The van der Waals surface area contributed by atoms with Gasteiger partial charge in [-0.2, -0.15) is 14.7 Å². The smallest absolute Gasteiger partial charge is 0.291 e. The van der Waals surface area contributed by atoms with Gasteiger partial charge in [-0.25, -0.2) is 28.4 Å². The molecule has 2 saturated heterocycles. The van der Waals surface area contributed by atoms with Gasteiger partial charge in [-0.3, -0.25) is 14.9 Å². The van der Waals surface area contributed by atoms with Crippen LogP contribution in [0.3, 0.4) is 0 Å². The van der Waals surface area contributed by atoms with Crippen LogP contribution in [0.25, 0.3) is 28.3 Å². The van der Waals surface area contributed by atoms with Crippen molar-refractivity contribution in [3.8, 4) is 22.6 Å². The first-order valence-electron chi connectivity index (χ1n) is 13.1. The Morgan fingerprint density at radius 2 is 1.80 bits per heavy atom. The van der Waals surface area contributed by atoms with Crippen molar-refractivity contribution in [1.29, 1.82) is 0 Å². The third-order valence-corrected chi connectivity index (χ3v) is 9.04. The predicted octanol–water partition coefficient (Wildman–Crippen LogP) is 1.90. The highest BCUT2D eigenvalue weighted by atomic mass is 32.2. The van der Waals surface area contributed by atoms with Crippen molar-refractivity contribution >= 4 is 27.2 Å². The lowest BCUT2D eigenvalue weighted by atomic mass is 9.87. The number of aromatic nitrogens is 9. The number of sulfone groups is 1. The Bertz CT molecular complexity index is 1860. The number of pyridine rings is 1. The summed E-state index contributed by atoms with van der Waals surface area (Å²) in [5, 5.41) is 10.8. The minimum Gasteiger partial charge on any atom is -0.382 e. The summed E-state index contributed by atoms with van der Waals surface area (Å²) in [6.45, 7) is 0. The number of rotatable bonds is 5. The van der Waals surface area contributed by atoms with Crippen LogP contribution in [-0.2, 0) is 9.84 Å². The van der Waals surface area contributed by atoms with E-state index in [1.54, 1.807) is 30.9 Å². The normalized spacial score (nSPS) is 20.5. The first kappa shape index (κ1) is 25.2. The molecule has 2 aliphatic heterocycles. The Morgan fingerprint density at radius 3 is 2.44 bits per heavy atom. The molecule has 0 aromatic carbocycles. The van der Waals surface area contributed by atoms with E-state index in [0.717, 1.165) is 24.7 Å². The molecule has 7 rings (SSSR count). The van der Waals surface area contributed by atoms with Gasteiger partial charge >= 0.3 is 0 Å². The van der Waals surface area contributed by atoms with Crippen LogP contribution < -0.4 is 5.73 Å². The van der Waals surface area contributed by atoms with E-state index in [4.69, 9.17) is 10.7 Å². The van der Waals surface area contributed by atoms with Crippen LogP contribution in [0.2, 0.25) is 0 Å². The number of nitrogens with one attached hydrogen (secondary N) is 1. The molecule has 2 unspecified atom stereocenters. The molecule has 3 N–H and O–H groups in total. The molecule has 14 nitrogen and oxygen atoms in total. The largest absolute Gasteiger partial charge is 0.382 e. The van der Waals surface area contributed by atoms with Gasteiger partial charge in [0.15, 0.2) is 21.3 Å². The molecule has 5 aromatic heterocycles. The molecule has 2 bridgehead atoms. The van der Waals surface area contributed by atoms with E-state index in [2.05, 4.69) is 35.2 Å². The molecule has 2 atom stereocenters. The van der Waals surface area contributed by atoms with Crippen LogP contribution in [0.1, 0.15) is 47.9 Å². The minimum absolute atomic E-state index is 0.00790. The van der Waals surface area contributed by atoms with E-state index in [1.165, 1.54) is 10.8 Å². The Balaban J connectivity index is 1.29. The second kappa shape index (κ2) is 9.40. The number of hydrogen-bond donors (Lipinski definition) is 2. The highest BCUT2D eigenvalue weighted by molar-refractivity contribution is 7.91. The number of nitrogens with two attached hydrogens (primary N) is 1. The first-order valence-corrected chi connectivity index (χ1v) is 15.0. The SMILES string of the molecule is CS(=O)(=O)c1c(C2CC3CCC(C2)N3C(=O)c2ncn[nH]2)nc2c(-c3ccc(-c4ncccn4)nc3)cnn2c1N. The monoisotopic (exact) mass is 571 g/mol. The second-order valence-electron chi connectivity index (χ2n) is 10.4. The number of nitrogens with zero attached hydrogens (tertiary/aromatic N) is 9. The highest BCUT2D eigenvalue weighted by Gasteiger charge is 2.46. The third kappa shape index (κ3) is 4.20. The summed E-state index contributed by atoms with van der Waals surface area (Å²) in [5.41, 5.74) is 9.34. The molecule has 0 radical (unpaired) electrons. The van der Waals surface area contributed by atoms with E-state index in [1.807, 2.05) is 17.0 Å². The molecule has 5 aromatic rings. The average Bonchev–Trinajstić information content (AvgIpc) is 3.71. The third-order valence-electron chi connectivity index (χ3n) is 7.88. The summed E-state index contributed by atoms with van der Waals surface area (Å²) in [7, 11) is -3.75.